The molecule has 372 valence electrons. The lowest BCUT2D eigenvalue weighted by atomic mass is 9.68. The Bertz CT molecular complexity index is 3860. The van der Waals surface area contributed by atoms with E-state index in [0.29, 0.717) is 45.5 Å². The zero-order chi connectivity index (χ0) is 51.8. The summed E-state index contributed by atoms with van der Waals surface area (Å²) in [6.45, 7) is 3.66. The molecule has 0 aliphatic heterocycles. The first-order chi connectivity index (χ1) is 35.5. The molecule has 0 saturated carbocycles. The molecule has 1 aliphatic carbocycles. The standard InChI is InChI=1S/C57H42O13S4/c1-37-11-18-41(19-12-37)66-43-24-29-46(30-25-43)72(59,60)47-31-26-44(27-32-47)67-42-20-14-39(15-21-42)57(52-9-5-3-7-50(52)51-8-4-6-10-53(51)57)40-16-22-45(23-17-40)68-54-34-33-49(36-56(54)74(63,64)65)73(61,62)48-28-13-38(2)55(35-48)71-70-69-58/h3-36,58H,1-2H3,(H,63,64,65). The van der Waals surface area contributed by atoms with Crippen molar-refractivity contribution < 1.29 is 58.6 Å². The highest BCUT2D eigenvalue weighted by Crippen LogP contribution is 2.56. The van der Waals surface area contributed by atoms with Crippen molar-refractivity contribution in [2.75, 3.05) is 0 Å². The van der Waals surface area contributed by atoms with E-state index in [9.17, 15) is 29.8 Å². The smallest absolute Gasteiger partial charge is 0.298 e. The summed E-state index contributed by atoms with van der Waals surface area (Å²) in [4.78, 5) is -0.898. The van der Waals surface area contributed by atoms with E-state index in [2.05, 4.69) is 33.6 Å². The number of sulfone groups is 2. The van der Waals surface area contributed by atoms with E-state index in [1.807, 2.05) is 91.9 Å². The normalized spacial score (nSPS) is 12.9. The third-order valence-electron chi connectivity index (χ3n) is 12.6. The summed E-state index contributed by atoms with van der Waals surface area (Å²) in [5, 5.41) is 12.3. The number of rotatable bonds is 16. The van der Waals surface area contributed by atoms with Crippen molar-refractivity contribution in [3.63, 3.8) is 0 Å². The second-order valence-electron chi connectivity index (χ2n) is 17.2. The minimum atomic E-state index is -5.03. The van der Waals surface area contributed by atoms with E-state index in [-0.39, 0.29) is 26.2 Å². The molecule has 0 fully saturated rings. The fourth-order valence-electron chi connectivity index (χ4n) is 9.05. The minimum absolute atomic E-state index is 0.100. The molecule has 1 aliphatic rings. The van der Waals surface area contributed by atoms with Crippen molar-refractivity contribution in [3.8, 4) is 45.6 Å². The van der Waals surface area contributed by atoms with Gasteiger partial charge in [0.15, 0.2) is 0 Å². The Kier molecular flexibility index (Phi) is 13.5. The molecule has 0 spiro atoms. The van der Waals surface area contributed by atoms with Crippen molar-refractivity contribution in [1.29, 1.82) is 0 Å². The van der Waals surface area contributed by atoms with E-state index in [0.717, 1.165) is 51.1 Å². The summed E-state index contributed by atoms with van der Waals surface area (Å²) in [6.07, 6.45) is 0. The molecule has 17 heteroatoms. The van der Waals surface area contributed by atoms with Crippen LogP contribution in [0.2, 0.25) is 0 Å². The molecule has 0 unspecified atom stereocenters. The Labute approximate surface area is 431 Å². The van der Waals surface area contributed by atoms with Crippen molar-refractivity contribution in [2.24, 2.45) is 0 Å². The second kappa shape index (κ2) is 20.0. The summed E-state index contributed by atoms with van der Waals surface area (Å²) in [5.41, 5.74) is 6.65. The maximum absolute atomic E-state index is 13.8. The summed E-state index contributed by atoms with van der Waals surface area (Å²) in [6, 6.07) is 58.3. The predicted molar refractivity (Wildman–Crippen MR) is 277 cm³/mol. The molecule has 0 radical (unpaired) electrons. The van der Waals surface area contributed by atoms with Gasteiger partial charge in [-0.3, -0.25) is 4.55 Å². The summed E-state index contributed by atoms with van der Waals surface area (Å²) >= 11 is 0.571. The molecule has 0 bridgehead atoms. The highest BCUT2D eigenvalue weighted by atomic mass is 32.2. The average Bonchev–Trinajstić information content (AvgIpc) is 3.71. The minimum Gasteiger partial charge on any atom is -0.457 e. The third-order valence-corrected chi connectivity index (χ3v) is 17.8. The first-order valence-electron chi connectivity index (χ1n) is 22.6. The topological polar surface area (TPSA) is 189 Å². The van der Waals surface area contributed by atoms with Gasteiger partial charge in [0, 0.05) is 4.90 Å². The van der Waals surface area contributed by atoms with Crippen molar-refractivity contribution in [1.82, 2.24) is 0 Å². The van der Waals surface area contributed by atoms with Crippen LogP contribution in [-0.4, -0.2) is 35.1 Å². The Hall–Kier alpha value is -7.58. The average molecular weight is 1060 g/mol. The molecule has 0 saturated heterocycles. The van der Waals surface area contributed by atoms with Crippen LogP contribution in [0.4, 0.5) is 0 Å². The molecule has 0 amide bonds. The van der Waals surface area contributed by atoms with Gasteiger partial charge in [-0.2, -0.15) is 8.42 Å². The molecular formula is C57H42O13S4. The fraction of sp³-hybridized carbons (Fsp3) is 0.0526. The quantitative estimate of drug-likeness (QED) is 0.0402. The molecule has 0 heterocycles. The van der Waals surface area contributed by atoms with Gasteiger partial charge in [-0.25, -0.2) is 22.1 Å². The summed E-state index contributed by atoms with van der Waals surface area (Å²) in [7, 11) is -13.2. The van der Waals surface area contributed by atoms with Gasteiger partial charge in [0.25, 0.3) is 10.1 Å². The van der Waals surface area contributed by atoms with Crippen LogP contribution in [0.1, 0.15) is 33.4 Å². The molecule has 0 aromatic heterocycles. The SMILES string of the molecule is Cc1ccc(Oc2ccc(S(=O)(=O)c3ccc(Oc4ccc(C5(c6ccc(Oc7ccc(S(=O)(=O)c8ccc(C)c(SOOO)c8)cc7S(=O)(=O)O)cc6)c6ccccc6-c6ccccc65)cc4)cc3)cc2)cc1. The lowest BCUT2D eigenvalue weighted by Gasteiger charge is -2.34. The van der Waals surface area contributed by atoms with E-state index >= 15 is 0 Å². The number of benzene rings is 9. The molecule has 2 N–H and O–H groups in total. The maximum atomic E-state index is 13.8. The summed E-state index contributed by atoms with van der Waals surface area (Å²) in [5.74, 6) is 1.96. The molecule has 74 heavy (non-hydrogen) atoms. The lowest BCUT2D eigenvalue weighted by Crippen LogP contribution is -2.28. The van der Waals surface area contributed by atoms with Crippen LogP contribution >= 0.6 is 12.0 Å². The Morgan fingerprint density at radius 3 is 1.34 bits per heavy atom. The van der Waals surface area contributed by atoms with Crippen LogP contribution in [0, 0.1) is 13.8 Å². The van der Waals surface area contributed by atoms with E-state index in [4.69, 9.17) is 19.5 Å². The van der Waals surface area contributed by atoms with E-state index in [1.54, 1.807) is 43.3 Å². The van der Waals surface area contributed by atoms with Crippen molar-refractivity contribution >= 4 is 41.8 Å². The first-order valence-corrected chi connectivity index (χ1v) is 27.8. The highest BCUT2D eigenvalue weighted by Gasteiger charge is 2.46. The van der Waals surface area contributed by atoms with Gasteiger partial charge in [-0.05, 0) is 168 Å². The van der Waals surface area contributed by atoms with Crippen molar-refractivity contribution in [2.45, 2.75) is 48.6 Å². The Morgan fingerprint density at radius 2 is 0.851 bits per heavy atom. The zero-order valence-electron chi connectivity index (χ0n) is 39.1. The molecule has 0 atom stereocenters. The maximum Gasteiger partial charge on any atom is 0.298 e. The zero-order valence-corrected chi connectivity index (χ0v) is 42.4. The largest absolute Gasteiger partial charge is 0.457 e. The number of hydrogen-bond donors (Lipinski definition) is 2. The molecule has 10 rings (SSSR count). The molecule has 9 aromatic carbocycles. The van der Waals surface area contributed by atoms with E-state index < -0.39 is 45.0 Å². The predicted octanol–water partition coefficient (Wildman–Crippen LogP) is 13.4. The van der Waals surface area contributed by atoms with Crippen LogP contribution in [0.25, 0.3) is 11.1 Å². The highest BCUT2D eigenvalue weighted by molar-refractivity contribution is 7.94. The number of ether oxygens (including phenoxy) is 3. The van der Waals surface area contributed by atoms with Crippen LogP contribution in [0.5, 0.6) is 34.5 Å². The van der Waals surface area contributed by atoms with E-state index in [1.165, 1.54) is 48.5 Å². The van der Waals surface area contributed by atoms with Crippen LogP contribution in [0.3, 0.4) is 0 Å². The second-order valence-corrected chi connectivity index (χ2v) is 23.2. The molecular weight excluding hydrogens is 1020 g/mol. The van der Waals surface area contributed by atoms with Crippen molar-refractivity contribution in [3.05, 3.63) is 240 Å². The van der Waals surface area contributed by atoms with Gasteiger partial charge < -0.3 is 14.2 Å². The van der Waals surface area contributed by atoms with Gasteiger partial charge in [0.2, 0.25) is 19.7 Å². The Balaban J connectivity index is 0.921. The number of hydrogen-bond acceptors (Lipinski definition) is 13. The van der Waals surface area contributed by atoms with Gasteiger partial charge in [-0.1, -0.05) is 102 Å². The van der Waals surface area contributed by atoms with Crippen LogP contribution in [-0.2, 0) is 44.6 Å². The molecule has 13 nitrogen and oxygen atoms in total. The van der Waals surface area contributed by atoms with Gasteiger partial charge >= 0.3 is 0 Å². The lowest BCUT2D eigenvalue weighted by molar-refractivity contribution is -0.432. The van der Waals surface area contributed by atoms with Gasteiger partial charge in [0.1, 0.15) is 39.4 Å². The van der Waals surface area contributed by atoms with Crippen LogP contribution in [0.15, 0.2) is 236 Å². The fourth-order valence-corrected chi connectivity index (χ4v) is 12.9. The first kappa shape index (κ1) is 50.0. The monoisotopic (exact) mass is 1060 g/mol. The third kappa shape index (κ3) is 9.58. The number of fused-ring (bicyclic) bond motifs is 3. The van der Waals surface area contributed by atoms with Gasteiger partial charge in [-0.15, -0.1) is 4.33 Å². The van der Waals surface area contributed by atoms with Crippen LogP contribution < -0.4 is 14.2 Å². The van der Waals surface area contributed by atoms with Gasteiger partial charge in [0.05, 0.1) is 37.0 Å². The summed E-state index contributed by atoms with van der Waals surface area (Å²) < 4.78 is 113. The Morgan fingerprint density at radius 1 is 0.446 bits per heavy atom. The molecule has 9 aromatic rings. The number of aryl methyl sites for hydroxylation is 2.